The molecule has 0 aromatic heterocycles. The van der Waals surface area contributed by atoms with Gasteiger partial charge < -0.3 is 0 Å². The fourth-order valence-corrected chi connectivity index (χ4v) is 11.0. The molecule has 0 bridgehead atoms. The SMILES string of the molecule is CC(C)(C)c1cc(-c2c3cc(-c4ccccc4)c(-c4ccccc4)cc3c(-c3cc(C(C)(C)C)cc(C(C)(C)C)c3)c3cc4c(cc23)-c2cccc3c2c-4cc2ccccc23)cc(C(C)(C)C)c1. The fourth-order valence-electron chi connectivity index (χ4n) is 11.0. The summed E-state index contributed by atoms with van der Waals surface area (Å²) < 4.78 is 0. The van der Waals surface area contributed by atoms with E-state index in [-0.39, 0.29) is 21.7 Å². The summed E-state index contributed by atoms with van der Waals surface area (Å²) in [5.74, 6) is 0. The molecular formula is C68H64. The Hall–Kier alpha value is -6.76. The number of benzene rings is 10. The van der Waals surface area contributed by atoms with Gasteiger partial charge in [-0.3, -0.25) is 0 Å². The van der Waals surface area contributed by atoms with Crippen LogP contribution in [0.3, 0.4) is 0 Å². The number of hydrogen-bond donors (Lipinski definition) is 0. The third-order valence-electron chi connectivity index (χ3n) is 14.9. The Labute approximate surface area is 404 Å². The van der Waals surface area contributed by atoms with Crippen molar-refractivity contribution >= 4 is 43.1 Å². The monoisotopic (exact) mass is 881 g/mol. The van der Waals surface area contributed by atoms with Gasteiger partial charge in [-0.1, -0.05) is 223 Å². The van der Waals surface area contributed by atoms with E-state index >= 15 is 0 Å². The molecule has 0 heteroatoms. The van der Waals surface area contributed by atoms with E-state index in [1.165, 1.54) is 132 Å². The first-order chi connectivity index (χ1) is 32.2. The van der Waals surface area contributed by atoms with Crippen LogP contribution >= 0.6 is 0 Å². The van der Waals surface area contributed by atoms with Crippen LogP contribution in [0, 0.1) is 0 Å². The summed E-state index contributed by atoms with van der Waals surface area (Å²) in [6.45, 7) is 28.4. The molecule has 10 aromatic carbocycles. The Bertz CT molecular complexity index is 3600. The van der Waals surface area contributed by atoms with Crippen molar-refractivity contribution in [1.82, 2.24) is 0 Å². The second-order valence-electron chi connectivity index (χ2n) is 23.8. The Morgan fingerprint density at radius 3 is 1.03 bits per heavy atom. The maximum absolute atomic E-state index is 2.60. The lowest BCUT2D eigenvalue weighted by Gasteiger charge is -2.29. The molecule has 0 amide bonds. The van der Waals surface area contributed by atoms with Gasteiger partial charge in [0, 0.05) is 0 Å². The van der Waals surface area contributed by atoms with Gasteiger partial charge in [0.05, 0.1) is 0 Å². The summed E-state index contributed by atoms with van der Waals surface area (Å²) in [5.41, 5.74) is 20.5. The lowest BCUT2D eigenvalue weighted by atomic mass is 9.75. The van der Waals surface area contributed by atoms with Crippen LogP contribution in [0.25, 0.3) is 110 Å². The molecule has 0 fully saturated rings. The van der Waals surface area contributed by atoms with Gasteiger partial charge in [0.1, 0.15) is 0 Å². The lowest BCUT2D eigenvalue weighted by molar-refractivity contribution is 0.568. The van der Waals surface area contributed by atoms with E-state index in [0.29, 0.717) is 0 Å². The first-order valence-corrected chi connectivity index (χ1v) is 24.7. The summed E-state index contributed by atoms with van der Waals surface area (Å²) >= 11 is 0. The van der Waals surface area contributed by atoms with Gasteiger partial charge in [0.2, 0.25) is 0 Å². The van der Waals surface area contributed by atoms with E-state index in [4.69, 9.17) is 0 Å². The normalized spacial score (nSPS) is 13.0. The molecule has 0 aliphatic heterocycles. The van der Waals surface area contributed by atoms with Gasteiger partial charge in [0.25, 0.3) is 0 Å². The van der Waals surface area contributed by atoms with E-state index in [0.717, 1.165) is 0 Å². The molecular weight excluding hydrogens is 817 g/mol. The minimum Gasteiger partial charge on any atom is -0.0622 e. The molecule has 0 spiro atoms. The van der Waals surface area contributed by atoms with Crippen molar-refractivity contribution in [3.05, 3.63) is 192 Å². The van der Waals surface area contributed by atoms with Crippen LogP contribution in [0.1, 0.15) is 105 Å². The first-order valence-electron chi connectivity index (χ1n) is 24.7. The second-order valence-corrected chi connectivity index (χ2v) is 23.8. The van der Waals surface area contributed by atoms with Crippen LogP contribution in [-0.2, 0) is 21.7 Å². The van der Waals surface area contributed by atoms with E-state index in [1.807, 2.05) is 0 Å². The van der Waals surface area contributed by atoms with Gasteiger partial charge in [0.15, 0.2) is 0 Å². The Balaban J connectivity index is 1.41. The van der Waals surface area contributed by atoms with Crippen LogP contribution in [-0.4, -0.2) is 0 Å². The van der Waals surface area contributed by atoms with Gasteiger partial charge in [-0.2, -0.15) is 0 Å². The zero-order valence-electron chi connectivity index (χ0n) is 42.2. The minimum atomic E-state index is -0.0619. The van der Waals surface area contributed by atoms with Gasteiger partial charge in [-0.15, -0.1) is 0 Å². The molecule has 0 atom stereocenters. The fraction of sp³-hybridized carbons (Fsp3) is 0.235. The predicted molar refractivity (Wildman–Crippen MR) is 297 cm³/mol. The predicted octanol–water partition coefficient (Wildman–Crippen LogP) is 19.8. The molecule has 11 rings (SSSR count). The molecule has 0 N–H and O–H groups in total. The number of hydrogen-bond acceptors (Lipinski definition) is 0. The molecule has 1 aliphatic rings. The smallest absolute Gasteiger partial charge is 0.00199 e. The Morgan fingerprint density at radius 2 is 0.603 bits per heavy atom. The van der Waals surface area contributed by atoms with Gasteiger partial charge >= 0.3 is 0 Å². The quantitative estimate of drug-likeness (QED) is 0.122. The van der Waals surface area contributed by atoms with E-state index in [2.05, 4.69) is 253 Å². The topological polar surface area (TPSA) is 0 Å². The lowest BCUT2D eigenvalue weighted by Crippen LogP contribution is -2.16. The maximum atomic E-state index is 2.60. The molecule has 336 valence electrons. The van der Waals surface area contributed by atoms with Crippen LogP contribution in [0.5, 0.6) is 0 Å². The average Bonchev–Trinajstić information content (AvgIpc) is 3.61. The van der Waals surface area contributed by atoms with Crippen LogP contribution < -0.4 is 0 Å². The molecule has 0 unspecified atom stereocenters. The van der Waals surface area contributed by atoms with Crippen molar-refractivity contribution in [2.24, 2.45) is 0 Å². The maximum Gasteiger partial charge on any atom is -0.00199 e. The summed E-state index contributed by atoms with van der Waals surface area (Å²) in [5, 5.41) is 10.4. The average molecular weight is 881 g/mol. The van der Waals surface area contributed by atoms with Gasteiger partial charge in [-0.05, 0) is 184 Å². The second kappa shape index (κ2) is 15.4. The Kier molecular flexibility index (Phi) is 9.90. The summed E-state index contributed by atoms with van der Waals surface area (Å²) in [6, 6.07) is 65.8. The van der Waals surface area contributed by atoms with Crippen molar-refractivity contribution in [2.75, 3.05) is 0 Å². The molecule has 0 radical (unpaired) electrons. The third-order valence-corrected chi connectivity index (χ3v) is 14.9. The highest BCUT2D eigenvalue weighted by molar-refractivity contribution is 6.29. The summed E-state index contributed by atoms with van der Waals surface area (Å²) in [7, 11) is 0. The van der Waals surface area contributed by atoms with Crippen molar-refractivity contribution < 1.29 is 0 Å². The zero-order chi connectivity index (χ0) is 47.7. The van der Waals surface area contributed by atoms with Gasteiger partial charge in [-0.25, -0.2) is 0 Å². The van der Waals surface area contributed by atoms with Crippen LogP contribution in [0.4, 0.5) is 0 Å². The van der Waals surface area contributed by atoms with Crippen molar-refractivity contribution in [3.8, 4) is 66.8 Å². The summed E-state index contributed by atoms with van der Waals surface area (Å²) in [4.78, 5) is 0. The highest BCUT2D eigenvalue weighted by Gasteiger charge is 2.30. The van der Waals surface area contributed by atoms with E-state index in [1.54, 1.807) is 0 Å². The molecule has 68 heavy (non-hydrogen) atoms. The van der Waals surface area contributed by atoms with Crippen molar-refractivity contribution in [2.45, 2.75) is 105 Å². The van der Waals surface area contributed by atoms with Crippen molar-refractivity contribution in [1.29, 1.82) is 0 Å². The zero-order valence-corrected chi connectivity index (χ0v) is 42.2. The van der Waals surface area contributed by atoms with Crippen LogP contribution in [0.15, 0.2) is 170 Å². The highest BCUT2D eigenvalue weighted by Crippen LogP contribution is 2.55. The largest absolute Gasteiger partial charge is 0.0622 e. The molecule has 0 saturated heterocycles. The van der Waals surface area contributed by atoms with E-state index < -0.39 is 0 Å². The first kappa shape index (κ1) is 43.8. The molecule has 0 nitrogen and oxygen atoms in total. The number of fused-ring (bicyclic) bond motifs is 7. The standard InChI is InChI=1S/C68H64/c1-65(2,3)46-30-44(31-47(35-46)66(4,5)6)62-58-37-53(41-22-15-13-16-23-41)54(42-24-17-14-18-25-42)38-59(58)63(45-32-48(67(7,8)9)36-49(33-45)68(10,11)12)61-40-56-55(39-60(61)62)52-29-21-28-51-50-27-20-19-26-43(50)34-57(56)64(51)52/h13-40H,1-12H3. The Morgan fingerprint density at radius 1 is 0.235 bits per heavy atom. The highest BCUT2D eigenvalue weighted by atomic mass is 14.3. The third kappa shape index (κ3) is 7.27. The summed E-state index contributed by atoms with van der Waals surface area (Å²) in [6.07, 6.45) is 0. The minimum absolute atomic E-state index is 0.0610. The molecule has 10 aromatic rings. The van der Waals surface area contributed by atoms with Crippen molar-refractivity contribution in [3.63, 3.8) is 0 Å². The molecule has 0 heterocycles. The van der Waals surface area contributed by atoms with E-state index in [9.17, 15) is 0 Å². The van der Waals surface area contributed by atoms with Crippen LogP contribution in [0.2, 0.25) is 0 Å². The molecule has 1 aliphatic carbocycles. The number of rotatable bonds is 4. The molecule has 0 saturated carbocycles.